The van der Waals surface area contributed by atoms with Crippen molar-refractivity contribution in [3.05, 3.63) is 77.6 Å². The molecule has 1 amide bonds. The molecule has 1 aliphatic heterocycles. The lowest BCUT2D eigenvalue weighted by molar-refractivity contribution is 0.0926. The number of carbonyl (C=O) groups is 1. The number of hydrogen-bond donors (Lipinski definition) is 1. The molecule has 0 spiro atoms. The minimum atomic E-state index is -0.165. The fourth-order valence-corrected chi connectivity index (χ4v) is 3.77. The molecular weight excluding hydrogens is 378 g/mol. The van der Waals surface area contributed by atoms with Gasteiger partial charge in [0.25, 0.3) is 5.91 Å². The summed E-state index contributed by atoms with van der Waals surface area (Å²) in [6.07, 6.45) is 1.63. The molecule has 0 unspecified atom stereocenters. The molecule has 2 atom stereocenters. The van der Waals surface area contributed by atoms with Crippen LogP contribution >= 0.6 is 0 Å². The highest BCUT2D eigenvalue weighted by atomic mass is 16.5. The summed E-state index contributed by atoms with van der Waals surface area (Å²) < 4.78 is 7.40. The van der Waals surface area contributed by atoms with E-state index in [1.807, 2.05) is 30.3 Å². The van der Waals surface area contributed by atoms with Crippen LogP contribution in [0.4, 0.5) is 0 Å². The Morgan fingerprint density at radius 1 is 1.10 bits per heavy atom. The maximum atomic E-state index is 12.4. The predicted octanol–water partition coefficient (Wildman–Crippen LogP) is 2.64. The van der Waals surface area contributed by atoms with Crippen molar-refractivity contribution < 1.29 is 9.53 Å². The molecule has 0 saturated carbocycles. The van der Waals surface area contributed by atoms with Crippen molar-refractivity contribution in [2.75, 3.05) is 13.1 Å². The minimum Gasteiger partial charge on any atom is -0.489 e. The average Bonchev–Trinajstić information content (AvgIpc) is 3.34. The van der Waals surface area contributed by atoms with Crippen LogP contribution in [0.3, 0.4) is 0 Å². The lowest BCUT2D eigenvalue weighted by Crippen LogP contribution is -2.40. The second kappa shape index (κ2) is 9.09. The third-order valence-corrected chi connectivity index (χ3v) is 5.42. The van der Waals surface area contributed by atoms with Crippen molar-refractivity contribution in [3.63, 3.8) is 0 Å². The van der Waals surface area contributed by atoms with Crippen LogP contribution in [-0.4, -0.2) is 44.9 Å². The van der Waals surface area contributed by atoms with Gasteiger partial charge in [0.2, 0.25) is 0 Å². The zero-order chi connectivity index (χ0) is 20.9. The van der Waals surface area contributed by atoms with E-state index in [1.165, 1.54) is 10.2 Å². The van der Waals surface area contributed by atoms with Crippen LogP contribution in [0.5, 0.6) is 5.75 Å². The fourth-order valence-electron chi connectivity index (χ4n) is 3.77. The molecular formula is C23H27N5O2. The van der Waals surface area contributed by atoms with Gasteiger partial charge in [-0.05, 0) is 29.2 Å². The summed E-state index contributed by atoms with van der Waals surface area (Å²) in [5.41, 5.74) is 2.74. The summed E-state index contributed by atoms with van der Waals surface area (Å²) in [5, 5.41) is 10.8. The highest BCUT2D eigenvalue weighted by Gasteiger charge is 2.31. The highest BCUT2D eigenvalue weighted by molar-refractivity contribution is 5.92. The van der Waals surface area contributed by atoms with Crippen molar-refractivity contribution in [3.8, 4) is 5.75 Å². The molecule has 30 heavy (non-hydrogen) atoms. The molecule has 2 aromatic carbocycles. The number of hydrogen-bond acceptors (Lipinski definition) is 5. The number of ether oxygens (including phenoxy) is 1. The SMILES string of the molecule is C[C@@H]1CN(Cc2ccc(OCc3ccccc3)cc2)C[C@@H]1NC(=O)c1cn(C)nn1. The number of nitrogens with zero attached hydrogens (tertiary/aromatic N) is 4. The third-order valence-electron chi connectivity index (χ3n) is 5.42. The molecule has 1 saturated heterocycles. The molecule has 0 bridgehead atoms. The first kappa shape index (κ1) is 20.1. The summed E-state index contributed by atoms with van der Waals surface area (Å²) in [5.74, 6) is 1.08. The Bertz CT molecular complexity index is 971. The standard InChI is InChI=1S/C23H27N5O2/c1-17-12-28(15-21(17)24-23(29)22-14-27(2)26-25-22)13-18-8-10-20(11-9-18)30-16-19-6-4-3-5-7-19/h3-11,14,17,21H,12-13,15-16H2,1-2H3,(H,24,29)/t17-,21+/m1/s1. The van der Waals surface area contributed by atoms with Crippen molar-refractivity contribution in [2.24, 2.45) is 13.0 Å². The van der Waals surface area contributed by atoms with Gasteiger partial charge in [0.15, 0.2) is 5.69 Å². The summed E-state index contributed by atoms with van der Waals surface area (Å²) in [4.78, 5) is 14.7. The Hall–Kier alpha value is -3.19. The fraction of sp³-hybridized carbons (Fsp3) is 0.348. The highest BCUT2D eigenvalue weighted by Crippen LogP contribution is 2.21. The van der Waals surface area contributed by atoms with Gasteiger partial charge in [-0.1, -0.05) is 54.6 Å². The summed E-state index contributed by atoms with van der Waals surface area (Å²) in [6, 6.07) is 18.5. The number of nitrogens with one attached hydrogen (secondary N) is 1. The van der Waals surface area contributed by atoms with Gasteiger partial charge in [0.1, 0.15) is 12.4 Å². The number of benzene rings is 2. The zero-order valence-electron chi connectivity index (χ0n) is 17.4. The number of aryl methyl sites for hydroxylation is 1. The number of aromatic nitrogens is 3. The van der Waals surface area contributed by atoms with E-state index in [9.17, 15) is 4.79 Å². The smallest absolute Gasteiger partial charge is 0.273 e. The first-order chi connectivity index (χ1) is 14.6. The molecule has 7 nitrogen and oxygen atoms in total. The van der Waals surface area contributed by atoms with Crippen LogP contribution in [0.15, 0.2) is 60.8 Å². The topological polar surface area (TPSA) is 72.3 Å². The van der Waals surface area contributed by atoms with Crippen LogP contribution < -0.4 is 10.1 Å². The number of amides is 1. The van der Waals surface area contributed by atoms with Gasteiger partial charge in [-0.15, -0.1) is 5.10 Å². The molecule has 0 aliphatic carbocycles. The molecule has 1 N–H and O–H groups in total. The quantitative estimate of drug-likeness (QED) is 0.654. The summed E-state index contributed by atoms with van der Waals surface area (Å²) >= 11 is 0. The molecule has 1 fully saturated rings. The molecule has 1 aromatic heterocycles. The Morgan fingerprint density at radius 2 is 1.87 bits per heavy atom. The lowest BCUT2D eigenvalue weighted by Gasteiger charge is -2.17. The van der Waals surface area contributed by atoms with E-state index in [2.05, 4.69) is 51.7 Å². The molecule has 0 radical (unpaired) electrons. The number of rotatable bonds is 7. The van der Waals surface area contributed by atoms with Crippen LogP contribution in [0.25, 0.3) is 0 Å². The second-order valence-electron chi connectivity index (χ2n) is 7.95. The Balaban J connectivity index is 1.27. The Labute approximate surface area is 176 Å². The van der Waals surface area contributed by atoms with Crippen molar-refractivity contribution in [1.82, 2.24) is 25.2 Å². The van der Waals surface area contributed by atoms with Crippen LogP contribution in [-0.2, 0) is 20.2 Å². The number of carbonyl (C=O) groups excluding carboxylic acids is 1. The van der Waals surface area contributed by atoms with Gasteiger partial charge in [0, 0.05) is 32.7 Å². The first-order valence-corrected chi connectivity index (χ1v) is 10.2. The number of likely N-dealkylation sites (tertiary alicyclic amines) is 1. The van der Waals surface area contributed by atoms with Crippen molar-refractivity contribution in [1.29, 1.82) is 0 Å². The van der Waals surface area contributed by atoms with E-state index in [0.717, 1.165) is 30.9 Å². The average molecular weight is 406 g/mol. The minimum absolute atomic E-state index is 0.105. The van der Waals surface area contributed by atoms with Gasteiger partial charge in [-0.25, -0.2) is 0 Å². The van der Waals surface area contributed by atoms with Crippen LogP contribution in [0.1, 0.15) is 28.5 Å². The maximum Gasteiger partial charge on any atom is 0.273 e. The first-order valence-electron chi connectivity index (χ1n) is 10.2. The van der Waals surface area contributed by atoms with Crippen LogP contribution in [0.2, 0.25) is 0 Å². The van der Waals surface area contributed by atoms with E-state index in [0.29, 0.717) is 18.2 Å². The van der Waals surface area contributed by atoms with E-state index in [-0.39, 0.29) is 11.9 Å². The van der Waals surface area contributed by atoms with Gasteiger partial charge in [-0.2, -0.15) is 0 Å². The summed E-state index contributed by atoms with van der Waals surface area (Å²) in [7, 11) is 1.75. The van der Waals surface area contributed by atoms with Gasteiger partial charge in [-0.3, -0.25) is 14.4 Å². The molecule has 2 heterocycles. The monoisotopic (exact) mass is 405 g/mol. The van der Waals surface area contributed by atoms with Gasteiger partial charge in [0.05, 0.1) is 6.20 Å². The third kappa shape index (κ3) is 5.04. The predicted molar refractivity (Wildman–Crippen MR) is 114 cm³/mol. The van der Waals surface area contributed by atoms with E-state index in [1.54, 1.807) is 13.2 Å². The molecule has 7 heteroatoms. The van der Waals surface area contributed by atoms with E-state index >= 15 is 0 Å². The second-order valence-corrected chi connectivity index (χ2v) is 7.95. The van der Waals surface area contributed by atoms with Crippen LogP contribution in [0, 0.1) is 5.92 Å². The largest absolute Gasteiger partial charge is 0.489 e. The lowest BCUT2D eigenvalue weighted by atomic mass is 10.1. The van der Waals surface area contributed by atoms with Crippen molar-refractivity contribution in [2.45, 2.75) is 26.1 Å². The van der Waals surface area contributed by atoms with E-state index in [4.69, 9.17) is 4.74 Å². The maximum absolute atomic E-state index is 12.4. The molecule has 156 valence electrons. The van der Waals surface area contributed by atoms with Gasteiger partial charge >= 0.3 is 0 Å². The van der Waals surface area contributed by atoms with Gasteiger partial charge < -0.3 is 10.1 Å². The zero-order valence-corrected chi connectivity index (χ0v) is 17.4. The molecule has 4 rings (SSSR count). The Kier molecular flexibility index (Phi) is 6.09. The summed E-state index contributed by atoms with van der Waals surface area (Å²) in [6.45, 7) is 5.34. The Morgan fingerprint density at radius 3 is 2.57 bits per heavy atom. The molecule has 1 aliphatic rings. The molecule has 3 aromatic rings. The normalized spacial score (nSPS) is 19.0. The van der Waals surface area contributed by atoms with Crippen molar-refractivity contribution >= 4 is 5.91 Å². The van der Waals surface area contributed by atoms with E-state index < -0.39 is 0 Å².